The number of rotatable bonds is 9. The smallest absolute Gasteiger partial charge is 0.251 e. The molecule has 1 amide bonds. The Labute approximate surface area is 177 Å². The summed E-state index contributed by atoms with van der Waals surface area (Å²) in [6, 6.07) is 11.8. The van der Waals surface area contributed by atoms with Crippen molar-refractivity contribution in [1.82, 2.24) is 14.8 Å². The first kappa shape index (κ1) is 22.4. The Morgan fingerprint density at radius 3 is 2.23 bits per heavy atom. The molecule has 0 atom stereocenters. The van der Waals surface area contributed by atoms with Gasteiger partial charge in [-0.15, -0.1) is 0 Å². The van der Waals surface area contributed by atoms with Crippen LogP contribution in [0.5, 0.6) is 0 Å². The molecule has 3 N–H and O–H groups in total. The lowest BCUT2D eigenvalue weighted by molar-refractivity contribution is 0.0950. The van der Waals surface area contributed by atoms with Gasteiger partial charge in [0.2, 0.25) is 20.0 Å². The van der Waals surface area contributed by atoms with Gasteiger partial charge in [-0.1, -0.05) is 18.2 Å². The van der Waals surface area contributed by atoms with Crippen molar-refractivity contribution >= 4 is 26.0 Å². The minimum atomic E-state index is -3.66. The summed E-state index contributed by atoms with van der Waals surface area (Å²) in [6.45, 7) is 3.56. The third kappa shape index (κ3) is 5.88. The van der Waals surface area contributed by atoms with Crippen LogP contribution < -0.4 is 14.8 Å². The van der Waals surface area contributed by atoms with Crippen LogP contribution in [0.4, 0.5) is 0 Å². The van der Waals surface area contributed by atoms with E-state index in [2.05, 4.69) is 14.8 Å². The first-order valence-corrected chi connectivity index (χ1v) is 12.6. The van der Waals surface area contributed by atoms with Gasteiger partial charge in [-0.05, 0) is 62.6 Å². The Balaban J connectivity index is 1.69. The third-order valence-corrected chi connectivity index (χ3v) is 7.53. The van der Waals surface area contributed by atoms with E-state index in [1.165, 1.54) is 36.4 Å². The van der Waals surface area contributed by atoms with Crippen LogP contribution in [0.3, 0.4) is 0 Å². The molecule has 0 spiro atoms. The summed E-state index contributed by atoms with van der Waals surface area (Å²) in [5, 5.41) is 2.70. The molecule has 0 aliphatic heterocycles. The predicted octanol–water partition coefficient (Wildman–Crippen LogP) is 1.74. The molecule has 0 saturated heterocycles. The molecule has 1 fully saturated rings. The minimum absolute atomic E-state index is 0.0266. The zero-order chi connectivity index (χ0) is 21.9. The molecule has 162 valence electrons. The molecule has 0 unspecified atom stereocenters. The number of benzene rings is 2. The molecule has 0 radical (unpaired) electrons. The molecular formula is C20H25N3O5S2. The van der Waals surface area contributed by atoms with E-state index in [1.54, 1.807) is 26.0 Å². The molecule has 8 nitrogen and oxygen atoms in total. The largest absolute Gasteiger partial charge is 0.348 e. The Kier molecular flexibility index (Phi) is 6.61. The molecule has 2 aromatic rings. The van der Waals surface area contributed by atoms with Gasteiger partial charge in [0.25, 0.3) is 5.91 Å². The summed E-state index contributed by atoms with van der Waals surface area (Å²) in [6.07, 6.45) is 1.64. The lowest BCUT2D eigenvalue weighted by Gasteiger charge is -2.11. The van der Waals surface area contributed by atoms with Crippen molar-refractivity contribution in [2.24, 2.45) is 0 Å². The van der Waals surface area contributed by atoms with E-state index in [0.717, 1.165) is 12.8 Å². The number of nitrogens with one attached hydrogen (secondary N) is 3. The van der Waals surface area contributed by atoms with Crippen LogP contribution in [0.25, 0.3) is 0 Å². The fourth-order valence-electron chi connectivity index (χ4n) is 2.78. The molecule has 1 saturated carbocycles. The van der Waals surface area contributed by atoms with E-state index in [9.17, 15) is 21.6 Å². The van der Waals surface area contributed by atoms with Gasteiger partial charge < -0.3 is 5.32 Å². The van der Waals surface area contributed by atoms with Crippen LogP contribution in [0.2, 0.25) is 0 Å². The van der Waals surface area contributed by atoms with Gasteiger partial charge >= 0.3 is 0 Å². The molecular weight excluding hydrogens is 426 g/mol. The van der Waals surface area contributed by atoms with E-state index in [0.29, 0.717) is 5.56 Å². The second-order valence-corrected chi connectivity index (χ2v) is 11.0. The van der Waals surface area contributed by atoms with E-state index >= 15 is 0 Å². The summed E-state index contributed by atoms with van der Waals surface area (Å²) >= 11 is 0. The van der Waals surface area contributed by atoms with Gasteiger partial charge in [-0.3, -0.25) is 4.79 Å². The molecule has 2 aromatic carbocycles. The number of hydrogen-bond donors (Lipinski definition) is 3. The summed E-state index contributed by atoms with van der Waals surface area (Å²) in [5.41, 5.74) is 0.813. The summed E-state index contributed by atoms with van der Waals surface area (Å²) < 4.78 is 54.4. The van der Waals surface area contributed by atoms with Crippen LogP contribution in [-0.4, -0.2) is 34.8 Å². The van der Waals surface area contributed by atoms with E-state index in [1.807, 2.05) is 0 Å². The van der Waals surface area contributed by atoms with Gasteiger partial charge in [-0.25, -0.2) is 26.3 Å². The molecule has 0 bridgehead atoms. The fourth-order valence-corrected chi connectivity index (χ4v) is 5.45. The number of amides is 1. The molecule has 3 rings (SSSR count). The van der Waals surface area contributed by atoms with Crippen molar-refractivity contribution in [3.05, 3.63) is 59.7 Å². The maximum atomic E-state index is 12.5. The molecule has 1 aliphatic rings. The SMILES string of the molecule is CC(C)NS(=O)(=O)c1cccc(CNC(=O)c2cccc(S(=O)(=O)NC3CC3)c2)c1. The fraction of sp³-hybridized carbons (Fsp3) is 0.350. The zero-order valence-corrected chi connectivity index (χ0v) is 18.4. The summed E-state index contributed by atoms with van der Waals surface area (Å²) in [4.78, 5) is 12.7. The Morgan fingerprint density at radius 2 is 1.60 bits per heavy atom. The number of carbonyl (C=O) groups is 1. The maximum Gasteiger partial charge on any atom is 0.251 e. The van der Waals surface area contributed by atoms with Crippen molar-refractivity contribution in [1.29, 1.82) is 0 Å². The molecule has 30 heavy (non-hydrogen) atoms. The normalized spacial score (nSPS) is 14.6. The van der Waals surface area contributed by atoms with Crippen molar-refractivity contribution in [2.75, 3.05) is 0 Å². The average molecular weight is 452 g/mol. The second-order valence-electron chi connectivity index (χ2n) is 7.53. The zero-order valence-electron chi connectivity index (χ0n) is 16.8. The lowest BCUT2D eigenvalue weighted by atomic mass is 10.2. The van der Waals surface area contributed by atoms with Gasteiger partial charge in [0.15, 0.2) is 0 Å². The first-order chi connectivity index (χ1) is 14.1. The summed E-state index contributed by atoms with van der Waals surface area (Å²) in [5.74, 6) is -0.452. The Bertz CT molecular complexity index is 1140. The van der Waals surface area contributed by atoms with E-state index < -0.39 is 26.0 Å². The molecule has 0 aromatic heterocycles. The van der Waals surface area contributed by atoms with Crippen LogP contribution in [-0.2, 0) is 26.6 Å². The van der Waals surface area contributed by atoms with Gasteiger partial charge in [0, 0.05) is 24.2 Å². The lowest BCUT2D eigenvalue weighted by Crippen LogP contribution is -2.30. The Morgan fingerprint density at radius 1 is 0.967 bits per heavy atom. The minimum Gasteiger partial charge on any atom is -0.348 e. The average Bonchev–Trinajstić information content (AvgIpc) is 3.49. The first-order valence-electron chi connectivity index (χ1n) is 9.59. The predicted molar refractivity (Wildman–Crippen MR) is 113 cm³/mol. The molecule has 0 heterocycles. The molecule has 10 heteroatoms. The maximum absolute atomic E-state index is 12.5. The van der Waals surface area contributed by atoms with Crippen LogP contribution in [0, 0.1) is 0 Å². The molecule has 1 aliphatic carbocycles. The third-order valence-electron chi connectivity index (χ3n) is 4.36. The van der Waals surface area contributed by atoms with Gasteiger partial charge in [0.05, 0.1) is 9.79 Å². The van der Waals surface area contributed by atoms with Gasteiger partial charge in [0.1, 0.15) is 0 Å². The van der Waals surface area contributed by atoms with Crippen molar-refractivity contribution in [3.63, 3.8) is 0 Å². The van der Waals surface area contributed by atoms with Crippen molar-refractivity contribution < 1.29 is 21.6 Å². The standard InChI is InChI=1S/C20H25N3O5S2/c1-14(2)22-29(25,26)18-7-3-5-15(11-18)13-21-20(24)16-6-4-8-19(12-16)30(27,28)23-17-9-10-17/h3-8,11-12,14,17,22-23H,9-10,13H2,1-2H3,(H,21,24). The number of carbonyl (C=O) groups excluding carboxylic acids is 1. The highest BCUT2D eigenvalue weighted by molar-refractivity contribution is 7.89. The van der Waals surface area contributed by atoms with Crippen LogP contribution in [0.1, 0.15) is 42.6 Å². The number of hydrogen-bond acceptors (Lipinski definition) is 5. The van der Waals surface area contributed by atoms with Gasteiger partial charge in [-0.2, -0.15) is 0 Å². The van der Waals surface area contributed by atoms with E-state index in [-0.39, 0.29) is 34.0 Å². The van der Waals surface area contributed by atoms with Crippen LogP contribution in [0.15, 0.2) is 58.3 Å². The highest BCUT2D eigenvalue weighted by Gasteiger charge is 2.28. The monoisotopic (exact) mass is 451 g/mol. The quantitative estimate of drug-likeness (QED) is 0.536. The highest BCUT2D eigenvalue weighted by Crippen LogP contribution is 2.22. The highest BCUT2D eigenvalue weighted by atomic mass is 32.2. The topological polar surface area (TPSA) is 121 Å². The second kappa shape index (κ2) is 8.84. The van der Waals surface area contributed by atoms with E-state index in [4.69, 9.17) is 0 Å². The van der Waals surface area contributed by atoms with Crippen LogP contribution >= 0.6 is 0 Å². The van der Waals surface area contributed by atoms with Crippen molar-refractivity contribution in [2.45, 2.75) is 55.1 Å². The number of sulfonamides is 2. The Hall–Kier alpha value is -2.27. The van der Waals surface area contributed by atoms with Crippen molar-refractivity contribution in [3.8, 4) is 0 Å². The summed E-state index contributed by atoms with van der Waals surface area (Å²) in [7, 11) is -7.29.